The lowest BCUT2D eigenvalue weighted by Gasteiger charge is -2.12. The molecule has 90 valence electrons. The Hall–Kier alpha value is -2.12. The van der Waals surface area contributed by atoms with Crippen LogP contribution in [0.5, 0.6) is 0 Å². The lowest BCUT2D eigenvalue weighted by Crippen LogP contribution is -2.34. The molecule has 16 heavy (non-hydrogen) atoms. The third-order valence-electron chi connectivity index (χ3n) is 1.47. The van der Waals surface area contributed by atoms with Crippen molar-refractivity contribution in [1.29, 1.82) is 0 Å². The summed E-state index contributed by atoms with van der Waals surface area (Å²) in [7, 11) is 0. The van der Waals surface area contributed by atoms with Gasteiger partial charge in [-0.05, 0) is 0 Å². The number of rotatable bonds is 7. The summed E-state index contributed by atoms with van der Waals surface area (Å²) in [4.78, 5) is 41.5. The molecule has 0 bridgehead atoms. The van der Waals surface area contributed by atoms with E-state index in [4.69, 9.17) is 10.2 Å². The second-order valence-electron chi connectivity index (χ2n) is 2.71. The maximum Gasteiger partial charge on any atom is 0.408 e. The molecule has 0 aliphatic heterocycles. The SMILES string of the molecule is O=CCNC(=O)OC(CCC(=O)O)C(=O)O. The fourth-order valence-electron chi connectivity index (χ4n) is 0.783. The van der Waals surface area contributed by atoms with Crippen LogP contribution in [0.2, 0.25) is 0 Å². The fourth-order valence-corrected chi connectivity index (χ4v) is 0.783. The number of carboxylic acids is 2. The minimum Gasteiger partial charge on any atom is -0.481 e. The zero-order chi connectivity index (χ0) is 12.6. The Balaban J connectivity index is 4.11. The molecule has 0 spiro atoms. The molecule has 1 atom stereocenters. The van der Waals surface area contributed by atoms with Crippen LogP contribution in [-0.4, -0.2) is 47.2 Å². The summed E-state index contributed by atoms with van der Waals surface area (Å²) >= 11 is 0. The lowest BCUT2D eigenvalue weighted by atomic mass is 10.2. The van der Waals surface area contributed by atoms with Crippen LogP contribution in [0.1, 0.15) is 12.8 Å². The van der Waals surface area contributed by atoms with Crippen molar-refractivity contribution in [3.63, 3.8) is 0 Å². The molecule has 0 saturated heterocycles. The van der Waals surface area contributed by atoms with E-state index >= 15 is 0 Å². The van der Waals surface area contributed by atoms with E-state index in [2.05, 4.69) is 4.74 Å². The second-order valence-corrected chi connectivity index (χ2v) is 2.71. The van der Waals surface area contributed by atoms with Gasteiger partial charge in [0.05, 0.1) is 6.54 Å². The standard InChI is InChI=1S/C8H11NO7/c10-4-3-9-8(15)16-5(7(13)14)1-2-6(11)12/h4-5H,1-3H2,(H,9,15)(H,11,12)(H,13,14). The molecule has 0 fully saturated rings. The third-order valence-corrected chi connectivity index (χ3v) is 1.47. The predicted molar refractivity (Wildman–Crippen MR) is 48.8 cm³/mol. The zero-order valence-electron chi connectivity index (χ0n) is 8.21. The second kappa shape index (κ2) is 7.21. The van der Waals surface area contributed by atoms with Crippen molar-refractivity contribution >= 4 is 24.3 Å². The molecule has 0 aliphatic rings. The van der Waals surface area contributed by atoms with Crippen molar-refractivity contribution in [2.75, 3.05) is 6.54 Å². The number of hydrogen-bond acceptors (Lipinski definition) is 5. The minimum atomic E-state index is -1.54. The first kappa shape index (κ1) is 13.9. The summed E-state index contributed by atoms with van der Waals surface area (Å²) in [6.07, 6.45) is -2.99. The summed E-state index contributed by atoms with van der Waals surface area (Å²) in [6.45, 7) is -0.301. The van der Waals surface area contributed by atoms with Gasteiger partial charge in [-0.3, -0.25) is 4.79 Å². The van der Waals surface area contributed by atoms with E-state index < -0.39 is 30.6 Å². The van der Waals surface area contributed by atoms with E-state index in [1.165, 1.54) is 0 Å². The molecule has 0 aliphatic carbocycles. The van der Waals surface area contributed by atoms with Gasteiger partial charge >= 0.3 is 18.0 Å². The molecule has 8 heteroatoms. The molecule has 0 rings (SSSR count). The summed E-state index contributed by atoms with van der Waals surface area (Å²) in [5.74, 6) is -2.63. The smallest absolute Gasteiger partial charge is 0.408 e. The molecule has 0 aromatic carbocycles. The Morgan fingerprint density at radius 3 is 2.38 bits per heavy atom. The first-order chi connectivity index (χ1) is 7.47. The number of carboxylic acid groups (broad SMARTS) is 2. The molecule has 0 aromatic heterocycles. The Kier molecular flexibility index (Phi) is 6.25. The average Bonchev–Trinajstić information content (AvgIpc) is 2.20. The highest BCUT2D eigenvalue weighted by atomic mass is 16.6. The summed E-state index contributed by atoms with van der Waals surface area (Å²) < 4.78 is 4.39. The first-order valence-electron chi connectivity index (χ1n) is 4.30. The maximum absolute atomic E-state index is 10.9. The van der Waals surface area contributed by atoms with Gasteiger partial charge in [-0.1, -0.05) is 0 Å². The number of carbonyl (C=O) groups excluding carboxylic acids is 2. The van der Waals surface area contributed by atoms with Gasteiger partial charge in [0.1, 0.15) is 6.29 Å². The number of aldehydes is 1. The molecule has 0 saturated carbocycles. The lowest BCUT2D eigenvalue weighted by molar-refractivity contribution is -0.148. The minimum absolute atomic E-state index is 0.301. The number of alkyl carbamates (subject to hydrolysis) is 1. The van der Waals surface area contributed by atoms with E-state index in [1.807, 2.05) is 5.32 Å². The van der Waals surface area contributed by atoms with Crippen LogP contribution < -0.4 is 5.32 Å². The maximum atomic E-state index is 10.9. The molecule has 1 amide bonds. The van der Waals surface area contributed by atoms with Gasteiger partial charge in [-0.15, -0.1) is 0 Å². The summed E-state index contributed by atoms with van der Waals surface area (Å²) in [5, 5.41) is 18.9. The molecule has 0 radical (unpaired) electrons. The quantitative estimate of drug-likeness (QED) is 0.492. The number of aliphatic carboxylic acids is 2. The third kappa shape index (κ3) is 6.35. The Labute approximate surface area is 90.2 Å². The van der Waals surface area contributed by atoms with E-state index in [9.17, 15) is 19.2 Å². The number of amides is 1. The molecule has 0 heterocycles. The first-order valence-corrected chi connectivity index (χ1v) is 4.30. The zero-order valence-corrected chi connectivity index (χ0v) is 8.21. The molecular weight excluding hydrogens is 222 g/mol. The predicted octanol–water partition coefficient (Wildman–Crippen LogP) is -0.770. The van der Waals surface area contributed by atoms with Gasteiger partial charge in [-0.2, -0.15) is 0 Å². The van der Waals surface area contributed by atoms with Crippen LogP contribution in [0, 0.1) is 0 Å². The van der Waals surface area contributed by atoms with E-state index in [0.29, 0.717) is 6.29 Å². The number of hydrogen-bond donors (Lipinski definition) is 3. The van der Waals surface area contributed by atoms with Gasteiger partial charge in [0.15, 0.2) is 0 Å². The average molecular weight is 233 g/mol. The van der Waals surface area contributed by atoms with Crippen molar-refractivity contribution in [1.82, 2.24) is 5.32 Å². The van der Waals surface area contributed by atoms with Crippen LogP contribution in [0.25, 0.3) is 0 Å². The van der Waals surface area contributed by atoms with Gasteiger partial charge < -0.3 is 25.1 Å². The van der Waals surface area contributed by atoms with Crippen molar-refractivity contribution in [3.05, 3.63) is 0 Å². The molecule has 8 nitrogen and oxygen atoms in total. The number of nitrogens with one attached hydrogen (secondary N) is 1. The van der Waals surface area contributed by atoms with Crippen LogP contribution in [0.4, 0.5) is 4.79 Å². The van der Waals surface area contributed by atoms with Crippen LogP contribution in [0.15, 0.2) is 0 Å². The molecule has 1 unspecified atom stereocenters. The normalized spacial score (nSPS) is 11.2. The van der Waals surface area contributed by atoms with E-state index in [1.54, 1.807) is 0 Å². The highest BCUT2D eigenvalue weighted by molar-refractivity contribution is 5.78. The molecule has 0 aromatic rings. The highest BCUT2D eigenvalue weighted by Crippen LogP contribution is 2.03. The highest BCUT2D eigenvalue weighted by Gasteiger charge is 2.22. The van der Waals surface area contributed by atoms with E-state index in [0.717, 1.165) is 0 Å². The van der Waals surface area contributed by atoms with Gasteiger partial charge in [0.2, 0.25) is 6.10 Å². The Morgan fingerprint density at radius 2 is 1.94 bits per heavy atom. The Bertz CT molecular complexity index is 288. The van der Waals surface area contributed by atoms with E-state index in [-0.39, 0.29) is 13.0 Å². The summed E-state index contributed by atoms with van der Waals surface area (Å²) in [6, 6.07) is 0. The van der Waals surface area contributed by atoms with Crippen LogP contribution >= 0.6 is 0 Å². The van der Waals surface area contributed by atoms with Gasteiger partial charge in [-0.25, -0.2) is 9.59 Å². The fraction of sp³-hybridized carbons (Fsp3) is 0.500. The van der Waals surface area contributed by atoms with Crippen molar-refractivity contribution < 1.29 is 34.1 Å². The largest absolute Gasteiger partial charge is 0.481 e. The Morgan fingerprint density at radius 1 is 1.31 bits per heavy atom. The topological polar surface area (TPSA) is 130 Å². The number of carbonyl (C=O) groups is 4. The van der Waals surface area contributed by atoms with Crippen LogP contribution in [0.3, 0.4) is 0 Å². The monoisotopic (exact) mass is 233 g/mol. The van der Waals surface area contributed by atoms with Gasteiger partial charge in [0.25, 0.3) is 0 Å². The van der Waals surface area contributed by atoms with Crippen molar-refractivity contribution in [2.24, 2.45) is 0 Å². The van der Waals surface area contributed by atoms with Crippen molar-refractivity contribution in [3.8, 4) is 0 Å². The van der Waals surface area contributed by atoms with Gasteiger partial charge in [0, 0.05) is 12.8 Å². The van der Waals surface area contributed by atoms with Crippen molar-refractivity contribution in [2.45, 2.75) is 18.9 Å². The van der Waals surface area contributed by atoms with Crippen LogP contribution in [-0.2, 0) is 19.1 Å². The number of ether oxygens (including phenoxy) is 1. The summed E-state index contributed by atoms with van der Waals surface area (Å²) in [5.41, 5.74) is 0. The molecular formula is C8H11NO7. The molecule has 3 N–H and O–H groups in total.